The Hall–Kier alpha value is -2.21. The maximum absolute atomic E-state index is 4.41. The third-order valence-corrected chi connectivity index (χ3v) is 4.32. The van der Waals surface area contributed by atoms with E-state index < -0.39 is 0 Å². The molecule has 4 rings (SSSR count). The number of hydrogen-bond acceptors (Lipinski definition) is 3. The number of halogens is 1. The zero-order chi connectivity index (χ0) is 14.4. The van der Waals surface area contributed by atoms with Gasteiger partial charge in [0.15, 0.2) is 5.65 Å². The number of fused-ring (bicyclic) bond motifs is 2. The maximum atomic E-state index is 4.41. The van der Waals surface area contributed by atoms with Crippen LogP contribution in [0, 0.1) is 0 Å². The van der Waals surface area contributed by atoms with Crippen LogP contribution in [-0.4, -0.2) is 24.0 Å². The standard InChI is InChI=1S/C15H12BrN5/c1-10(12-7-17-15-3-2-6-19-21(12)15)11-4-5-14-18-8-13(16)20(14)9-11/h2-10H,1H3/t10-/m0/s1. The summed E-state index contributed by atoms with van der Waals surface area (Å²) in [6.07, 6.45) is 7.57. The highest BCUT2D eigenvalue weighted by Crippen LogP contribution is 2.25. The van der Waals surface area contributed by atoms with Gasteiger partial charge in [0.05, 0.1) is 18.1 Å². The van der Waals surface area contributed by atoms with Gasteiger partial charge in [-0.15, -0.1) is 0 Å². The van der Waals surface area contributed by atoms with Crippen molar-refractivity contribution in [1.82, 2.24) is 24.0 Å². The molecule has 4 aromatic rings. The third-order valence-electron chi connectivity index (χ3n) is 3.73. The quantitative estimate of drug-likeness (QED) is 0.562. The summed E-state index contributed by atoms with van der Waals surface area (Å²) in [5.74, 6) is 0.189. The SMILES string of the molecule is C[C@@H](c1ccc2ncc(Br)n2c1)c1cnc2cccnn12. The zero-order valence-corrected chi connectivity index (χ0v) is 12.9. The lowest BCUT2D eigenvalue weighted by Gasteiger charge is -2.11. The van der Waals surface area contributed by atoms with Gasteiger partial charge in [-0.25, -0.2) is 14.5 Å². The Balaban J connectivity index is 1.85. The molecule has 5 nitrogen and oxygen atoms in total. The first-order valence-corrected chi connectivity index (χ1v) is 7.44. The number of imidazole rings is 2. The number of hydrogen-bond donors (Lipinski definition) is 0. The molecule has 0 N–H and O–H groups in total. The number of pyridine rings is 1. The maximum Gasteiger partial charge on any atom is 0.153 e. The summed E-state index contributed by atoms with van der Waals surface area (Å²) in [4.78, 5) is 8.72. The van der Waals surface area contributed by atoms with E-state index in [1.54, 1.807) is 12.4 Å². The van der Waals surface area contributed by atoms with Gasteiger partial charge in [-0.3, -0.25) is 4.40 Å². The minimum atomic E-state index is 0.189. The minimum Gasteiger partial charge on any atom is -0.294 e. The van der Waals surface area contributed by atoms with Crippen molar-refractivity contribution in [3.05, 3.63) is 64.9 Å². The van der Waals surface area contributed by atoms with E-state index in [0.717, 1.165) is 21.6 Å². The summed E-state index contributed by atoms with van der Waals surface area (Å²) in [6.45, 7) is 2.16. The molecule has 0 aliphatic heterocycles. The third kappa shape index (κ3) is 1.94. The van der Waals surface area contributed by atoms with Crippen molar-refractivity contribution in [2.45, 2.75) is 12.8 Å². The van der Waals surface area contributed by atoms with Crippen LogP contribution >= 0.6 is 15.9 Å². The van der Waals surface area contributed by atoms with Gasteiger partial charge in [0.2, 0.25) is 0 Å². The van der Waals surface area contributed by atoms with Gasteiger partial charge in [0.1, 0.15) is 10.3 Å². The van der Waals surface area contributed by atoms with E-state index >= 15 is 0 Å². The van der Waals surface area contributed by atoms with Crippen LogP contribution in [-0.2, 0) is 0 Å². The molecule has 0 saturated heterocycles. The Labute approximate surface area is 129 Å². The molecule has 0 bridgehead atoms. The van der Waals surface area contributed by atoms with Crippen LogP contribution in [0.5, 0.6) is 0 Å². The molecule has 6 heteroatoms. The summed E-state index contributed by atoms with van der Waals surface area (Å²) in [5, 5.41) is 4.38. The van der Waals surface area contributed by atoms with E-state index in [0.29, 0.717) is 0 Å². The lowest BCUT2D eigenvalue weighted by atomic mass is 10.0. The van der Waals surface area contributed by atoms with Gasteiger partial charge in [-0.2, -0.15) is 5.10 Å². The van der Waals surface area contributed by atoms with Crippen molar-refractivity contribution in [2.75, 3.05) is 0 Å². The van der Waals surface area contributed by atoms with Gasteiger partial charge in [0.25, 0.3) is 0 Å². The summed E-state index contributed by atoms with van der Waals surface area (Å²) in [6, 6.07) is 7.97. The summed E-state index contributed by atoms with van der Waals surface area (Å²) in [5.41, 5.74) is 4.05. The molecule has 0 radical (unpaired) electrons. The number of rotatable bonds is 2. The van der Waals surface area contributed by atoms with Gasteiger partial charge in [-0.05, 0) is 39.7 Å². The molecule has 0 spiro atoms. The molecule has 0 aliphatic rings. The molecule has 0 amide bonds. The second kappa shape index (κ2) is 4.66. The Morgan fingerprint density at radius 2 is 1.95 bits per heavy atom. The highest BCUT2D eigenvalue weighted by Gasteiger charge is 2.15. The molecule has 21 heavy (non-hydrogen) atoms. The van der Waals surface area contributed by atoms with Crippen LogP contribution in [0.4, 0.5) is 0 Å². The van der Waals surface area contributed by atoms with E-state index in [1.165, 1.54) is 5.56 Å². The van der Waals surface area contributed by atoms with Crippen molar-refractivity contribution in [2.24, 2.45) is 0 Å². The molecular formula is C15H12BrN5. The van der Waals surface area contributed by atoms with Crippen LogP contribution in [0.25, 0.3) is 11.3 Å². The Morgan fingerprint density at radius 1 is 1.10 bits per heavy atom. The average Bonchev–Trinajstić information content (AvgIpc) is 3.10. The van der Waals surface area contributed by atoms with E-state index in [2.05, 4.69) is 50.2 Å². The first kappa shape index (κ1) is 12.5. The summed E-state index contributed by atoms with van der Waals surface area (Å²) >= 11 is 3.51. The highest BCUT2D eigenvalue weighted by atomic mass is 79.9. The lowest BCUT2D eigenvalue weighted by Crippen LogP contribution is -2.04. The predicted octanol–water partition coefficient (Wildman–Crippen LogP) is 3.29. The lowest BCUT2D eigenvalue weighted by molar-refractivity contribution is 0.784. The topological polar surface area (TPSA) is 47.5 Å². The second-order valence-electron chi connectivity index (χ2n) is 4.97. The van der Waals surface area contributed by atoms with E-state index in [4.69, 9.17) is 0 Å². The molecule has 1 atom stereocenters. The summed E-state index contributed by atoms with van der Waals surface area (Å²) in [7, 11) is 0. The minimum absolute atomic E-state index is 0.189. The Bertz CT molecular complexity index is 939. The van der Waals surface area contributed by atoms with E-state index in [9.17, 15) is 0 Å². The number of aromatic nitrogens is 5. The first-order valence-electron chi connectivity index (χ1n) is 6.65. The zero-order valence-electron chi connectivity index (χ0n) is 11.3. The fourth-order valence-electron chi connectivity index (χ4n) is 2.54. The van der Waals surface area contributed by atoms with Crippen molar-refractivity contribution in [3.8, 4) is 0 Å². The fourth-order valence-corrected chi connectivity index (χ4v) is 2.92. The van der Waals surface area contributed by atoms with Gasteiger partial charge < -0.3 is 0 Å². The van der Waals surface area contributed by atoms with E-state index in [-0.39, 0.29) is 5.92 Å². The van der Waals surface area contributed by atoms with Crippen LogP contribution in [0.2, 0.25) is 0 Å². The molecule has 0 aliphatic carbocycles. The van der Waals surface area contributed by atoms with Gasteiger partial charge in [0, 0.05) is 18.3 Å². The Morgan fingerprint density at radius 3 is 2.86 bits per heavy atom. The fraction of sp³-hybridized carbons (Fsp3) is 0.133. The van der Waals surface area contributed by atoms with Crippen LogP contribution in [0.3, 0.4) is 0 Å². The van der Waals surface area contributed by atoms with Crippen molar-refractivity contribution in [3.63, 3.8) is 0 Å². The largest absolute Gasteiger partial charge is 0.294 e. The molecule has 4 aromatic heterocycles. The smallest absolute Gasteiger partial charge is 0.153 e. The molecule has 4 heterocycles. The van der Waals surface area contributed by atoms with Gasteiger partial charge >= 0.3 is 0 Å². The molecule has 104 valence electrons. The Kier molecular flexibility index (Phi) is 2.78. The summed E-state index contributed by atoms with van der Waals surface area (Å²) < 4.78 is 4.86. The van der Waals surface area contributed by atoms with Crippen LogP contribution in [0.15, 0.2) is 53.7 Å². The highest BCUT2D eigenvalue weighted by molar-refractivity contribution is 9.10. The van der Waals surface area contributed by atoms with Gasteiger partial charge in [-0.1, -0.05) is 13.0 Å². The molecule has 0 unspecified atom stereocenters. The average molecular weight is 342 g/mol. The number of nitrogens with zero attached hydrogens (tertiary/aromatic N) is 5. The molecule has 0 fully saturated rings. The second-order valence-corrected chi connectivity index (χ2v) is 5.78. The van der Waals surface area contributed by atoms with Crippen molar-refractivity contribution < 1.29 is 0 Å². The molecule has 0 aromatic carbocycles. The first-order chi connectivity index (χ1) is 10.2. The van der Waals surface area contributed by atoms with Crippen LogP contribution < -0.4 is 0 Å². The predicted molar refractivity (Wildman–Crippen MR) is 83.4 cm³/mol. The molecular weight excluding hydrogens is 330 g/mol. The monoisotopic (exact) mass is 341 g/mol. The van der Waals surface area contributed by atoms with Crippen LogP contribution in [0.1, 0.15) is 24.1 Å². The van der Waals surface area contributed by atoms with Crippen molar-refractivity contribution in [1.29, 1.82) is 0 Å². The molecule has 0 saturated carbocycles. The van der Waals surface area contributed by atoms with Crippen molar-refractivity contribution >= 4 is 27.2 Å². The normalized spacial score (nSPS) is 13.0. The van der Waals surface area contributed by atoms with E-state index in [1.807, 2.05) is 33.3 Å².